The molecule has 5 heteroatoms. The molecule has 2 aromatic heterocycles. The normalized spacial score (nSPS) is 24.9. The van der Waals surface area contributed by atoms with Crippen molar-refractivity contribution in [2.24, 2.45) is 11.7 Å². The number of hydrogen-bond acceptors (Lipinski definition) is 4. The molecule has 0 radical (unpaired) electrons. The van der Waals surface area contributed by atoms with Gasteiger partial charge in [-0.2, -0.15) is 0 Å². The molecular formula is C14H21N5. The van der Waals surface area contributed by atoms with E-state index in [9.17, 15) is 0 Å². The lowest BCUT2D eigenvalue weighted by atomic mass is 9.91. The minimum atomic E-state index is 0.478. The van der Waals surface area contributed by atoms with Crippen molar-refractivity contribution < 1.29 is 0 Å². The molecule has 1 fully saturated rings. The highest BCUT2D eigenvalue weighted by Gasteiger charge is 2.27. The summed E-state index contributed by atoms with van der Waals surface area (Å²) in [5.74, 6) is 1.45. The van der Waals surface area contributed by atoms with Gasteiger partial charge in [0.05, 0.1) is 5.69 Å². The molecule has 102 valence electrons. The van der Waals surface area contributed by atoms with E-state index >= 15 is 0 Å². The molecule has 1 aliphatic rings. The average molecular weight is 259 g/mol. The Balaban J connectivity index is 1.79. The van der Waals surface area contributed by atoms with Gasteiger partial charge in [-0.3, -0.25) is 9.30 Å². The first kappa shape index (κ1) is 12.6. The molecule has 1 aliphatic heterocycles. The van der Waals surface area contributed by atoms with Gasteiger partial charge < -0.3 is 5.73 Å². The fourth-order valence-electron chi connectivity index (χ4n) is 3.08. The van der Waals surface area contributed by atoms with E-state index in [1.807, 2.05) is 16.7 Å². The highest BCUT2D eigenvalue weighted by Crippen LogP contribution is 2.24. The van der Waals surface area contributed by atoms with Gasteiger partial charge in [0, 0.05) is 37.7 Å². The molecule has 0 amide bonds. The van der Waals surface area contributed by atoms with Gasteiger partial charge in [-0.15, -0.1) is 0 Å². The van der Waals surface area contributed by atoms with Crippen LogP contribution < -0.4 is 5.73 Å². The molecule has 0 bridgehead atoms. The molecule has 0 aliphatic carbocycles. The van der Waals surface area contributed by atoms with Crippen LogP contribution in [0.4, 0.5) is 0 Å². The van der Waals surface area contributed by atoms with E-state index in [1.54, 1.807) is 6.20 Å². The summed E-state index contributed by atoms with van der Waals surface area (Å²) in [7, 11) is 0. The number of aromatic nitrogens is 3. The molecule has 5 nitrogen and oxygen atoms in total. The average Bonchev–Trinajstić information content (AvgIpc) is 2.81. The van der Waals surface area contributed by atoms with Gasteiger partial charge in [0.25, 0.3) is 0 Å². The largest absolute Gasteiger partial charge is 0.329 e. The Kier molecular flexibility index (Phi) is 3.48. The minimum Gasteiger partial charge on any atom is -0.329 e. The Labute approximate surface area is 113 Å². The number of piperidine rings is 1. The molecule has 0 saturated carbocycles. The van der Waals surface area contributed by atoms with Crippen LogP contribution in [0.1, 0.15) is 25.5 Å². The van der Waals surface area contributed by atoms with Crippen LogP contribution >= 0.6 is 0 Å². The van der Waals surface area contributed by atoms with Crippen molar-refractivity contribution in [1.82, 2.24) is 19.3 Å². The summed E-state index contributed by atoms with van der Waals surface area (Å²) in [5, 5.41) is 0. The lowest BCUT2D eigenvalue weighted by Crippen LogP contribution is -2.48. The van der Waals surface area contributed by atoms with E-state index in [-0.39, 0.29) is 0 Å². The summed E-state index contributed by atoms with van der Waals surface area (Å²) in [5.41, 5.74) is 7.01. The molecule has 0 spiro atoms. The minimum absolute atomic E-state index is 0.478. The third kappa shape index (κ3) is 2.48. The van der Waals surface area contributed by atoms with Gasteiger partial charge in [-0.1, -0.05) is 6.92 Å². The van der Waals surface area contributed by atoms with Crippen LogP contribution in [0.15, 0.2) is 24.7 Å². The lowest BCUT2D eigenvalue weighted by Gasteiger charge is -2.39. The number of hydrogen-bond donors (Lipinski definition) is 1. The zero-order valence-corrected chi connectivity index (χ0v) is 11.4. The van der Waals surface area contributed by atoms with Crippen LogP contribution in [0.3, 0.4) is 0 Å². The Morgan fingerprint density at radius 1 is 1.47 bits per heavy atom. The van der Waals surface area contributed by atoms with Crippen LogP contribution in [0.2, 0.25) is 0 Å². The SMILES string of the molecule is CC1CCCN(Cc2cn3cccnc3n2)C1CN. The van der Waals surface area contributed by atoms with E-state index in [1.165, 1.54) is 12.8 Å². The van der Waals surface area contributed by atoms with Crippen molar-refractivity contribution in [3.8, 4) is 0 Å². The van der Waals surface area contributed by atoms with Crippen molar-refractivity contribution in [1.29, 1.82) is 0 Å². The van der Waals surface area contributed by atoms with Gasteiger partial charge in [0.15, 0.2) is 0 Å². The lowest BCUT2D eigenvalue weighted by molar-refractivity contribution is 0.0979. The van der Waals surface area contributed by atoms with Crippen molar-refractivity contribution in [3.63, 3.8) is 0 Å². The molecule has 19 heavy (non-hydrogen) atoms. The van der Waals surface area contributed by atoms with Crippen LogP contribution in [0.25, 0.3) is 5.78 Å². The number of rotatable bonds is 3. The second-order valence-corrected chi connectivity index (χ2v) is 5.45. The standard InChI is InChI=1S/C14H21N5/c1-11-4-2-6-18(13(11)8-15)9-12-10-19-7-3-5-16-14(19)17-12/h3,5,7,10-11,13H,2,4,6,8-9,15H2,1H3. The summed E-state index contributed by atoms with van der Waals surface area (Å²) in [6.45, 7) is 5.02. The smallest absolute Gasteiger partial charge is 0.233 e. The Morgan fingerprint density at radius 3 is 3.16 bits per heavy atom. The predicted octanol–water partition coefficient (Wildman–Crippen LogP) is 1.29. The number of nitrogens with zero attached hydrogens (tertiary/aromatic N) is 4. The fraction of sp³-hybridized carbons (Fsp3) is 0.571. The molecule has 2 unspecified atom stereocenters. The van der Waals surface area contributed by atoms with Gasteiger partial charge in [0.1, 0.15) is 0 Å². The highest BCUT2D eigenvalue weighted by molar-refractivity contribution is 5.29. The van der Waals surface area contributed by atoms with Gasteiger partial charge in [0.2, 0.25) is 5.78 Å². The highest BCUT2D eigenvalue weighted by atomic mass is 15.2. The van der Waals surface area contributed by atoms with Crippen molar-refractivity contribution in [2.45, 2.75) is 32.4 Å². The van der Waals surface area contributed by atoms with Crippen LogP contribution in [0, 0.1) is 5.92 Å². The van der Waals surface area contributed by atoms with E-state index in [0.717, 1.165) is 31.1 Å². The zero-order valence-electron chi connectivity index (χ0n) is 11.4. The maximum absolute atomic E-state index is 5.93. The van der Waals surface area contributed by atoms with Crippen molar-refractivity contribution in [3.05, 3.63) is 30.4 Å². The zero-order chi connectivity index (χ0) is 13.2. The van der Waals surface area contributed by atoms with E-state index in [2.05, 4.69) is 28.0 Å². The second kappa shape index (κ2) is 5.27. The summed E-state index contributed by atoms with van der Waals surface area (Å²) in [6.07, 6.45) is 8.36. The van der Waals surface area contributed by atoms with E-state index in [0.29, 0.717) is 12.0 Å². The topological polar surface area (TPSA) is 59.5 Å². The molecule has 2 atom stereocenters. The first-order chi connectivity index (χ1) is 9.28. The Bertz CT molecular complexity index is 517. The number of nitrogens with two attached hydrogens (primary N) is 1. The third-order valence-corrected chi connectivity index (χ3v) is 4.12. The number of likely N-dealkylation sites (tertiary alicyclic amines) is 1. The van der Waals surface area contributed by atoms with E-state index < -0.39 is 0 Å². The first-order valence-corrected chi connectivity index (χ1v) is 7.00. The summed E-state index contributed by atoms with van der Waals surface area (Å²) in [4.78, 5) is 11.3. The maximum Gasteiger partial charge on any atom is 0.233 e. The molecule has 3 heterocycles. The number of fused-ring (bicyclic) bond motifs is 1. The van der Waals surface area contributed by atoms with Crippen LogP contribution in [-0.2, 0) is 6.54 Å². The van der Waals surface area contributed by atoms with Gasteiger partial charge in [-0.05, 0) is 31.4 Å². The van der Waals surface area contributed by atoms with Gasteiger partial charge >= 0.3 is 0 Å². The Morgan fingerprint density at radius 2 is 2.37 bits per heavy atom. The quantitative estimate of drug-likeness (QED) is 0.902. The molecule has 1 saturated heterocycles. The van der Waals surface area contributed by atoms with Crippen molar-refractivity contribution in [2.75, 3.05) is 13.1 Å². The van der Waals surface area contributed by atoms with Gasteiger partial charge in [-0.25, -0.2) is 9.97 Å². The van der Waals surface area contributed by atoms with E-state index in [4.69, 9.17) is 5.73 Å². The molecule has 0 aromatic carbocycles. The monoisotopic (exact) mass is 259 g/mol. The third-order valence-electron chi connectivity index (χ3n) is 4.12. The predicted molar refractivity (Wildman–Crippen MR) is 74.6 cm³/mol. The molecule has 3 rings (SSSR count). The molecule has 2 N–H and O–H groups in total. The first-order valence-electron chi connectivity index (χ1n) is 7.00. The fourth-order valence-corrected chi connectivity index (χ4v) is 3.08. The number of imidazole rings is 1. The molecule has 2 aromatic rings. The summed E-state index contributed by atoms with van der Waals surface area (Å²) in [6, 6.07) is 2.40. The Hall–Kier alpha value is -1.46. The summed E-state index contributed by atoms with van der Waals surface area (Å²) >= 11 is 0. The van der Waals surface area contributed by atoms with Crippen molar-refractivity contribution >= 4 is 5.78 Å². The second-order valence-electron chi connectivity index (χ2n) is 5.45. The molecular weight excluding hydrogens is 238 g/mol. The maximum atomic E-state index is 5.93. The summed E-state index contributed by atoms with van der Waals surface area (Å²) < 4.78 is 1.97. The van der Waals surface area contributed by atoms with Crippen LogP contribution in [-0.4, -0.2) is 38.4 Å². The van der Waals surface area contributed by atoms with Crippen LogP contribution in [0.5, 0.6) is 0 Å².